The quantitative estimate of drug-likeness (QED) is 0.475. The van der Waals surface area contributed by atoms with E-state index in [-0.39, 0.29) is 5.91 Å². The van der Waals surface area contributed by atoms with Crippen molar-refractivity contribution in [3.05, 3.63) is 35.5 Å². The zero-order chi connectivity index (χ0) is 14.0. The fraction of sp³-hybridized carbons (Fsp3) is 0.231. The molecule has 0 bridgehead atoms. The molecule has 2 rings (SSSR count). The van der Waals surface area contributed by atoms with Crippen molar-refractivity contribution < 1.29 is 4.79 Å². The zero-order valence-electron chi connectivity index (χ0n) is 10.7. The summed E-state index contributed by atoms with van der Waals surface area (Å²) in [6, 6.07) is 5.87. The zero-order valence-corrected chi connectivity index (χ0v) is 13.9. The summed E-state index contributed by atoms with van der Waals surface area (Å²) >= 11 is 2.20. The summed E-state index contributed by atoms with van der Waals surface area (Å²) in [5, 5.41) is 2.89. The molecule has 1 aliphatic heterocycles. The molecule has 0 radical (unpaired) electrons. The Hall–Kier alpha value is -0.940. The minimum absolute atomic E-state index is 0.0281. The number of carbonyl (C=O) groups is 1. The van der Waals surface area contributed by atoms with Crippen LogP contribution in [-0.4, -0.2) is 12.1 Å². The first-order valence-electron chi connectivity index (χ1n) is 5.77. The van der Waals surface area contributed by atoms with Gasteiger partial charge in [-0.15, -0.1) is 0 Å². The molecule has 0 aliphatic carbocycles. The Morgan fingerprint density at radius 2 is 2.26 bits per heavy atom. The van der Waals surface area contributed by atoms with Crippen LogP contribution in [0, 0.1) is 0 Å². The van der Waals surface area contributed by atoms with Gasteiger partial charge in [0, 0.05) is 23.7 Å². The number of anilines is 1. The van der Waals surface area contributed by atoms with Crippen molar-refractivity contribution in [3.63, 3.8) is 0 Å². The second-order valence-electron chi connectivity index (χ2n) is 4.80. The van der Waals surface area contributed by atoms with Crippen LogP contribution in [0.25, 0.3) is 5.57 Å². The van der Waals surface area contributed by atoms with Gasteiger partial charge >= 0.3 is 0 Å². The van der Waals surface area contributed by atoms with E-state index < -0.39 is 5.41 Å². The van der Waals surface area contributed by atoms with E-state index in [1.165, 1.54) is 0 Å². The largest absolute Gasteiger partial charge is 0.404 e. The van der Waals surface area contributed by atoms with Gasteiger partial charge in [0.1, 0.15) is 0 Å². The first-order valence-corrected chi connectivity index (χ1v) is 9.84. The fourth-order valence-corrected chi connectivity index (χ4v) is 2.66. The second kappa shape index (κ2) is 5.59. The number of amides is 1. The van der Waals surface area contributed by atoms with Crippen LogP contribution >= 0.6 is 28.4 Å². The number of nitrogens with zero attached hydrogens (tertiary/aromatic N) is 1. The SMILES string of the molecule is CC1(C)C(=O)Nc2ccc(C(=C/N)/C=N/PI)cc21. The summed E-state index contributed by atoms with van der Waals surface area (Å²) in [6.45, 7) is 3.84. The van der Waals surface area contributed by atoms with Crippen LogP contribution in [0.5, 0.6) is 0 Å². The molecule has 0 spiro atoms. The Kier molecular flexibility index (Phi) is 4.26. The predicted molar refractivity (Wildman–Crippen MR) is 91.1 cm³/mol. The first kappa shape index (κ1) is 14.5. The molecule has 3 N–H and O–H groups in total. The van der Waals surface area contributed by atoms with Crippen LogP contribution in [0.3, 0.4) is 0 Å². The number of nitrogens with two attached hydrogens (primary N) is 1. The van der Waals surface area contributed by atoms with Crippen LogP contribution in [0.15, 0.2) is 29.2 Å². The lowest BCUT2D eigenvalue weighted by molar-refractivity contribution is -0.119. The highest BCUT2D eigenvalue weighted by atomic mass is 127. The number of benzene rings is 1. The molecule has 0 saturated carbocycles. The Morgan fingerprint density at radius 3 is 2.89 bits per heavy atom. The number of allylic oxidation sites excluding steroid dienone is 1. The molecule has 0 aromatic heterocycles. The number of hydrogen-bond acceptors (Lipinski definition) is 3. The third-order valence-corrected chi connectivity index (χ3v) is 4.34. The van der Waals surface area contributed by atoms with E-state index >= 15 is 0 Å². The Labute approximate surface area is 127 Å². The van der Waals surface area contributed by atoms with Crippen molar-refractivity contribution in [1.29, 1.82) is 0 Å². The van der Waals surface area contributed by atoms with E-state index in [9.17, 15) is 4.79 Å². The van der Waals surface area contributed by atoms with E-state index in [0.29, 0.717) is 6.37 Å². The standard InChI is InChI=1S/C13H15IN3OP/c1-13(2)10-5-8(9(6-15)7-16-19-14)3-4-11(10)17-12(13)18/h3-7,19H,15H2,1-2H3,(H,17,18)/b9-6+,16-7+. The smallest absolute Gasteiger partial charge is 0.234 e. The molecule has 0 fully saturated rings. The van der Waals surface area contributed by atoms with Gasteiger partial charge < -0.3 is 11.1 Å². The van der Waals surface area contributed by atoms with Gasteiger partial charge in [0.2, 0.25) is 5.91 Å². The summed E-state index contributed by atoms with van der Waals surface area (Å²) in [5.41, 5.74) is 8.86. The molecule has 1 amide bonds. The maximum Gasteiger partial charge on any atom is 0.234 e. The summed E-state index contributed by atoms with van der Waals surface area (Å²) < 4.78 is 4.22. The molecule has 4 nitrogen and oxygen atoms in total. The lowest BCUT2D eigenvalue weighted by Gasteiger charge is -2.15. The minimum Gasteiger partial charge on any atom is -0.404 e. The lowest BCUT2D eigenvalue weighted by atomic mass is 9.85. The Bertz CT molecular complexity index is 581. The summed E-state index contributed by atoms with van der Waals surface area (Å²) in [4.78, 5) is 11.9. The van der Waals surface area contributed by atoms with Crippen molar-refractivity contribution in [2.24, 2.45) is 10.5 Å². The van der Waals surface area contributed by atoms with E-state index in [1.807, 2.05) is 32.0 Å². The van der Waals surface area contributed by atoms with Crippen LogP contribution in [0.4, 0.5) is 5.69 Å². The number of nitrogens with one attached hydrogen (secondary N) is 1. The second-order valence-corrected chi connectivity index (χ2v) is 6.68. The maximum absolute atomic E-state index is 11.9. The molecule has 6 heteroatoms. The molecular weight excluding hydrogens is 372 g/mol. The Morgan fingerprint density at radius 1 is 1.53 bits per heavy atom. The van der Waals surface area contributed by atoms with E-state index in [2.05, 4.69) is 32.1 Å². The number of hydrogen-bond donors (Lipinski definition) is 2. The molecule has 1 heterocycles. The highest BCUT2D eigenvalue weighted by molar-refractivity contribution is 14.2. The van der Waals surface area contributed by atoms with Crippen molar-refractivity contribution in [2.45, 2.75) is 19.3 Å². The molecule has 1 atom stereocenters. The molecule has 1 aromatic rings. The number of halogens is 1. The summed E-state index contributed by atoms with van der Waals surface area (Å²) in [6.07, 6.45) is 3.78. The molecule has 1 aliphatic rings. The molecule has 19 heavy (non-hydrogen) atoms. The number of carbonyl (C=O) groups excluding carboxylic acids is 1. The van der Waals surface area contributed by atoms with Gasteiger partial charge in [-0.25, -0.2) is 0 Å². The van der Waals surface area contributed by atoms with Gasteiger partial charge in [-0.05, 0) is 59.1 Å². The summed E-state index contributed by atoms with van der Waals surface area (Å²) in [5.74, 6) is 0.0281. The molecule has 1 aromatic carbocycles. The van der Waals surface area contributed by atoms with Crippen LogP contribution in [0.1, 0.15) is 25.0 Å². The van der Waals surface area contributed by atoms with E-state index in [0.717, 1.165) is 22.4 Å². The Balaban J connectivity index is 2.45. The summed E-state index contributed by atoms with van der Waals surface area (Å²) in [7, 11) is 0. The highest BCUT2D eigenvalue weighted by Gasteiger charge is 2.38. The van der Waals surface area contributed by atoms with Crippen molar-refractivity contribution in [3.8, 4) is 0 Å². The third kappa shape index (κ3) is 2.67. The maximum atomic E-state index is 11.9. The third-order valence-electron chi connectivity index (χ3n) is 3.27. The highest BCUT2D eigenvalue weighted by Crippen LogP contribution is 2.38. The first-order chi connectivity index (χ1) is 9.00. The topological polar surface area (TPSA) is 67.5 Å². The molecule has 100 valence electrons. The van der Waals surface area contributed by atoms with Crippen molar-refractivity contribution >= 4 is 51.8 Å². The predicted octanol–water partition coefficient (Wildman–Crippen LogP) is 3.23. The van der Waals surface area contributed by atoms with Gasteiger partial charge in [-0.2, -0.15) is 0 Å². The van der Waals surface area contributed by atoms with Crippen LogP contribution in [0.2, 0.25) is 0 Å². The van der Waals surface area contributed by atoms with Gasteiger partial charge in [0.05, 0.1) is 11.8 Å². The average Bonchev–Trinajstić information content (AvgIpc) is 2.62. The molecular formula is C13H15IN3OP. The van der Waals surface area contributed by atoms with Crippen molar-refractivity contribution in [1.82, 2.24) is 0 Å². The fourth-order valence-electron chi connectivity index (χ4n) is 2.06. The number of fused-ring (bicyclic) bond motifs is 1. The van der Waals surface area contributed by atoms with E-state index in [4.69, 9.17) is 5.73 Å². The van der Waals surface area contributed by atoms with Gasteiger partial charge in [-0.3, -0.25) is 9.56 Å². The van der Waals surface area contributed by atoms with Gasteiger partial charge in [0.15, 0.2) is 0 Å². The van der Waals surface area contributed by atoms with E-state index in [1.54, 1.807) is 12.4 Å². The average molecular weight is 387 g/mol. The van der Waals surface area contributed by atoms with Gasteiger partial charge in [-0.1, -0.05) is 6.07 Å². The lowest BCUT2D eigenvalue weighted by Crippen LogP contribution is -2.26. The number of rotatable bonds is 3. The monoisotopic (exact) mass is 387 g/mol. The minimum atomic E-state index is -0.507. The van der Waals surface area contributed by atoms with Crippen LogP contribution in [-0.2, 0) is 10.2 Å². The van der Waals surface area contributed by atoms with Gasteiger partial charge in [0.25, 0.3) is 0 Å². The molecule has 0 saturated heterocycles. The normalized spacial score (nSPS) is 18.3. The van der Waals surface area contributed by atoms with Crippen LogP contribution < -0.4 is 11.1 Å². The van der Waals surface area contributed by atoms with Crippen molar-refractivity contribution in [2.75, 3.05) is 5.32 Å². The molecule has 1 unspecified atom stereocenters.